The van der Waals surface area contributed by atoms with Gasteiger partial charge in [-0.15, -0.1) is 11.8 Å². The lowest BCUT2D eigenvalue weighted by molar-refractivity contribution is -0.113. The molecular weight excluding hydrogens is 338 g/mol. The highest BCUT2D eigenvalue weighted by Gasteiger charge is 2.10. The van der Waals surface area contributed by atoms with Crippen LogP contribution < -0.4 is 10.1 Å². The van der Waals surface area contributed by atoms with Crippen molar-refractivity contribution in [2.45, 2.75) is 5.75 Å². The van der Waals surface area contributed by atoms with Crippen molar-refractivity contribution >= 4 is 23.4 Å². The maximum absolute atomic E-state index is 11.9. The summed E-state index contributed by atoms with van der Waals surface area (Å²) in [4.78, 5) is 16.2. The largest absolute Gasteiger partial charge is 0.497 e. The highest BCUT2D eigenvalue weighted by atomic mass is 32.2. The molecule has 0 bridgehead atoms. The average Bonchev–Trinajstić information content (AvgIpc) is 3.11. The third-order valence-electron chi connectivity index (χ3n) is 3.33. The van der Waals surface area contributed by atoms with E-state index in [0.717, 1.165) is 17.0 Å². The van der Waals surface area contributed by atoms with Crippen LogP contribution in [0, 0.1) is 0 Å². The number of hydrogen-bond donors (Lipinski definition) is 1. The van der Waals surface area contributed by atoms with Gasteiger partial charge in [0.1, 0.15) is 5.75 Å². The van der Waals surface area contributed by atoms with Crippen molar-refractivity contribution in [1.82, 2.24) is 10.1 Å². The van der Waals surface area contributed by atoms with Gasteiger partial charge < -0.3 is 14.6 Å². The number of hydrogen-bond acceptors (Lipinski definition) is 6. The van der Waals surface area contributed by atoms with E-state index in [4.69, 9.17) is 9.26 Å². The molecule has 1 heterocycles. The van der Waals surface area contributed by atoms with Crippen LogP contribution in [0.15, 0.2) is 59.1 Å². The number of nitrogens with one attached hydrogen (secondary N) is 1. The van der Waals surface area contributed by atoms with Gasteiger partial charge in [-0.1, -0.05) is 23.4 Å². The summed E-state index contributed by atoms with van der Waals surface area (Å²) in [5, 5.41) is 6.80. The molecular formula is C18H17N3O3S. The van der Waals surface area contributed by atoms with Gasteiger partial charge in [0.15, 0.2) is 0 Å². The minimum atomic E-state index is -0.0638. The van der Waals surface area contributed by atoms with E-state index in [-0.39, 0.29) is 5.91 Å². The minimum Gasteiger partial charge on any atom is -0.497 e. The van der Waals surface area contributed by atoms with Gasteiger partial charge >= 0.3 is 0 Å². The van der Waals surface area contributed by atoms with Crippen LogP contribution in [0.2, 0.25) is 0 Å². The smallest absolute Gasteiger partial charge is 0.236 e. The molecule has 0 fully saturated rings. The highest BCUT2D eigenvalue weighted by molar-refractivity contribution is 7.99. The number of para-hydroxylation sites is 1. The second-order valence-corrected chi connectivity index (χ2v) is 6.13. The van der Waals surface area contributed by atoms with Crippen molar-refractivity contribution in [3.05, 3.63) is 60.5 Å². The summed E-state index contributed by atoms with van der Waals surface area (Å²) in [5.41, 5.74) is 1.63. The number of methoxy groups -OCH3 is 1. The molecule has 1 aromatic heterocycles. The molecule has 1 amide bonds. The summed E-state index contributed by atoms with van der Waals surface area (Å²) < 4.78 is 10.4. The fourth-order valence-electron chi connectivity index (χ4n) is 2.12. The normalized spacial score (nSPS) is 10.4. The van der Waals surface area contributed by atoms with Gasteiger partial charge in [-0.3, -0.25) is 4.79 Å². The minimum absolute atomic E-state index is 0.0638. The molecule has 0 atom stereocenters. The number of anilines is 1. The van der Waals surface area contributed by atoms with E-state index < -0.39 is 0 Å². The highest BCUT2D eigenvalue weighted by Crippen LogP contribution is 2.21. The van der Waals surface area contributed by atoms with Crippen molar-refractivity contribution in [3.63, 3.8) is 0 Å². The van der Waals surface area contributed by atoms with E-state index in [0.29, 0.717) is 23.2 Å². The number of benzene rings is 2. The van der Waals surface area contributed by atoms with E-state index >= 15 is 0 Å². The summed E-state index contributed by atoms with van der Waals surface area (Å²) in [7, 11) is 1.62. The molecule has 0 saturated heterocycles. The van der Waals surface area contributed by atoms with Crippen LogP contribution in [0.4, 0.5) is 5.69 Å². The van der Waals surface area contributed by atoms with E-state index in [9.17, 15) is 4.79 Å². The van der Waals surface area contributed by atoms with Gasteiger partial charge in [0.2, 0.25) is 17.6 Å². The molecule has 7 heteroatoms. The third-order valence-corrected chi connectivity index (χ3v) is 4.25. The topological polar surface area (TPSA) is 77.2 Å². The van der Waals surface area contributed by atoms with Crippen LogP contribution in [-0.2, 0) is 10.5 Å². The Hall–Kier alpha value is -2.80. The molecule has 0 spiro atoms. The standard InChI is InChI=1S/C18H17N3O3S/c1-23-15-9-7-13(8-10-15)18-20-17(24-21-18)12-25-11-16(22)19-14-5-3-2-4-6-14/h2-10H,11-12H2,1H3,(H,19,22). The first-order chi connectivity index (χ1) is 12.2. The van der Waals surface area contributed by atoms with Crippen LogP contribution in [0.3, 0.4) is 0 Å². The number of carbonyl (C=O) groups excluding carboxylic acids is 1. The SMILES string of the molecule is COc1ccc(-c2noc(CSCC(=O)Nc3ccccc3)n2)cc1. The Morgan fingerprint density at radius 3 is 2.64 bits per heavy atom. The molecule has 25 heavy (non-hydrogen) atoms. The fourth-order valence-corrected chi connectivity index (χ4v) is 2.77. The van der Waals surface area contributed by atoms with Crippen molar-refractivity contribution in [2.75, 3.05) is 18.2 Å². The predicted octanol–water partition coefficient (Wildman–Crippen LogP) is 3.62. The lowest BCUT2D eigenvalue weighted by Crippen LogP contribution is -2.13. The maximum Gasteiger partial charge on any atom is 0.236 e. The second-order valence-electron chi connectivity index (χ2n) is 5.15. The van der Waals surface area contributed by atoms with Gasteiger partial charge in [-0.05, 0) is 36.4 Å². The Balaban J connectivity index is 1.49. The lowest BCUT2D eigenvalue weighted by Gasteiger charge is -2.03. The molecule has 0 saturated carbocycles. The molecule has 3 rings (SSSR count). The van der Waals surface area contributed by atoms with Gasteiger partial charge in [0.25, 0.3) is 0 Å². The van der Waals surface area contributed by atoms with Crippen LogP contribution >= 0.6 is 11.8 Å². The Bertz CT molecular complexity index is 819. The number of carbonyl (C=O) groups is 1. The molecule has 0 aliphatic heterocycles. The summed E-state index contributed by atoms with van der Waals surface area (Å²) in [6, 6.07) is 16.8. The van der Waals surface area contributed by atoms with Crippen LogP contribution in [0.1, 0.15) is 5.89 Å². The van der Waals surface area contributed by atoms with E-state index in [2.05, 4.69) is 15.5 Å². The first-order valence-electron chi connectivity index (χ1n) is 7.64. The zero-order valence-electron chi connectivity index (χ0n) is 13.6. The first-order valence-corrected chi connectivity index (χ1v) is 8.80. The molecule has 2 aromatic carbocycles. The van der Waals surface area contributed by atoms with Crippen molar-refractivity contribution < 1.29 is 14.1 Å². The quantitative estimate of drug-likeness (QED) is 0.697. The number of amides is 1. The lowest BCUT2D eigenvalue weighted by atomic mass is 10.2. The zero-order valence-corrected chi connectivity index (χ0v) is 14.5. The molecule has 1 N–H and O–H groups in total. The molecule has 0 aliphatic rings. The van der Waals surface area contributed by atoms with Crippen LogP contribution in [0.5, 0.6) is 5.75 Å². The summed E-state index contributed by atoms with van der Waals surface area (Å²) in [5.74, 6) is 2.51. The fraction of sp³-hybridized carbons (Fsp3) is 0.167. The Labute approximate surface area is 149 Å². The summed E-state index contributed by atoms with van der Waals surface area (Å²) in [6.45, 7) is 0. The first kappa shape index (κ1) is 17.0. The summed E-state index contributed by atoms with van der Waals surface area (Å²) in [6.07, 6.45) is 0. The van der Waals surface area contributed by atoms with Crippen molar-refractivity contribution in [2.24, 2.45) is 0 Å². The maximum atomic E-state index is 11.9. The Morgan fingerprint density at radius 2 is 1.92 bits per heavy atom. The van der Waals surface area contributed by atoms with Gasteiger partial charge in [-0.25, -0.2) is 0 Å². The molecule has 0 unspecified atom stereocenters. The molecule has 3 aromatic rings. The number of ether oxygens (including phenoxy) is 1. The number of rotatable bonds is 7. The molecule has 128 valence electrons. The van der Waals surface area contributed by atoms with Crippen molar-refractivity contribution in [3.8, 4) is 17.1 Å². The van der Waals surface area contributed by atoms with Crippen LogP contribution in [0.25, 0.3) is 11.4 Å². The van der Waals surface area contributed by atoms with E-state index in [1.54, 1.807) is 7.11 Å². The third kappa shape index (κ3) is 4.84. The van der Waals surface area contributed by atoms with E-state index in [1.807, 2.05) is 54.6 Å². The Kier molecular flexibility index (Phi) is 5.69. The zero-order chi connectivity index (χ0) is 17.5. The van der Waals surface area contributed by atoms with Gasteiger partial charge in [0, 0.05) is 11.3 Å². The molecule has 0 radical (unpaired) electrons. The monoisotopic (exact) mass is 355 g/mol. The Morgan fingerprint density at radius 1 is 1.16 bits per heavy atom. The number of aromatic nitrogens is 2. The van der Waals surface area contributed by atoms with Crippen molar-refractivity contribution in [1.29, 1.82) is 0 Å². The van der Waals surface area contributed by atoms with Gasteiger partial charge in [0.05, 0.1) is 18.6 Å². The van der Waals surface area contributed by atoms with Gasteiger partial charge in [-0.2, -0.15) is 4.98 Å². The van der Waals surface area contributed by atoms with Crippen LogP contribution in [-0.4, -0.2) is 28.9 Å². The second kappa shape index (κ2) is 8.34. The predicted molar refractivity (Wildman–Crippen MR) is 97.5 cm³/mol. The molecule has 6 nitrogen and oxygen atoms in total. The molecule has 0 aliphatic carbocycles. The average molecular weight is 355 g/mol. The van der Waals surface area contributed by atoms with E-state index in [1.165, 1.54) is 11.8 Å². The number of nitrogens with zero attached hydrogens (tertiary/aromatic N) is 2. The number of thioether (sulfide) groups is 1. The summed E-state index contributed by atoms with van der Waals surface area (Å²) >= 11 is 1.42.